The first kappa shape index (κ1) is 16.0. The predicted octanol–water partition coefficient (Wildman–Crippen LogP) is 3.93. The lowest BCUT2D eigenvalue weighted by molar-refractivity contribution is 0.0600. The molecule has 0 aliphatic heterocycles. The van der Waals surface area contributed by atoms with E-state index in [1.165, 1.54) is 13.2 Å². The zero-order chi connectivity index (χ0) is 17.1. The number of hydrogen-bond acceptors (Lipinski definition) is 4. The summed E-state index contributed by atoms with van der Waals surface area (Å²) in [5.41, 5.74) is 1.81. The fourth-order valence-corrected chi connectivity index (χ4v) is 2.56. The topological polar surface area (TPSA) is 68.3 Å². The largest absolute Gasteiger partial charge is 0.465 e. The Kier molecular flexibility index (Phi) is 4.44. The Hall–Kier alpha value is -2.92. The molecule has 6 heteroatoms. The van der Waals surface area contributed by atoms with Crippen LogP contribution in [0.1, 0.15) is 20.7 Å². The molecule has 0 saturated carbocycles. The average molecular weight is 341 g/mol. The Morgan fingerprint density at radius 1 is 1.12 bits per heavy atom. The van der Waals surface area contributed by atoms with Gasteiger partial charge >= 0.3 is 5.97 Å². The van der Waals surface area contributed by atoms with Crippen molar-refractivity contribution in [3.8, 4) is 0 Å². The van der Waals surface area contributed by atoms with E-state index >= 15 is 0 Å². The SMILES string of the molecule is COC(=O)c1cccc(NC(=O)c2ccc3ncccc3c2)c1Cl. The number of fused-ring (bicyclic) bond motifs is 1. The molecule has 0 atom stereocenters. The highest BCUT2D eigenvalue weighted by molar-refractivity contribution is 6.36. The fourth-order valence-electron chi connectivity index (χ4n) is 2.31. The number of anilines is 1. The predicted molar refractivity (Wildman–Crippen MR) is 92.5 cm³/mol. The summed E-state index contributed by atoms with van der Waals surface area (Å²) in [6.07, 6.45) is 1.69. The molecule has 3 rings (SSSR count). The second kappa shape index (κ2) is 6.68. The van der Waals surface area contributed by atoms with E-state index < -0.39 is 5.97 Å². The number of benzene rings is 2. The van der Waals surface area contributed by atoms with E-state index in [9.17, 15) is 9.59 Å². The molecule has 0 aliphatic carbocycles. The molecular weight excluding hydrogens is 328 g/mol. The molecule has 0 radical (unpaired) electrons. The molecule has 0 spiro atoms. The number of carbonyl (C=O) groups is 2. The maximum atomic E-state index is 12.5. The van der Waals surface area contributed by atoms with Gasteiger partial charge in [-0.3, -0.25) is 9.78 Å². The number of amides is 1. The molecule has 1 heterocycles. The summed E-state index contributed by atoms with van der Waals surface area (Å²) >= 11 is 6.18. The highest BCUT2D eigenvalue weighted by Crippen LogP contribution is 2.27. The number of pyridine rings is 1. The third-order valence-electron chi connectivity index (χ3n) is 3.52. The van der Waals surface area contributed by atoms with Crippen LogP contribution in [-0.2, 0) is 4.74 Å². The third kappa shape index (κ3) is 3.07. The van der Waals surface area contributed by atoms with E-state index in [-0.39, 0.29) is 16.5 Å². The molecule has 0 bridgehead atoms. The number of carbonyl (C=O) groups excluding carboxylic acids is 2. The second-order valence-electron chi connectivity index (χ2n) is 5.02. The average Bonchev–Trinajstić information content (AvgIpc) is 2.62. The quantitative estimate of drug-likeness (QED) is 0.733. The normalized spacial score (nSPS) is 10.4. The number of methoxy groups -OCH3 is 1. The van der Waals surface area contributed by atoms with Crippen LogP contribution in [0.5, 0.6) is 0 Å². The van der Waals surface area contributed by atoms with Gasteiger partial charge in [0.15, 0.2) is 0 Å². The Morgan fingerprint density at radius 3 is 2.75 bits per heavy atom. The van der Waals surface area contributed by atoms with E-state index in [0.717, 1.165) is 10.9 Å². The van der Waals surface area contributed by atoms with Crippen molar-refractivity contribution in [1.82, 2.24) is 4.98 Å². The number of hydrogen-bond donors (Lipinski definition) is 1. The van der Waals surface area contributed by atoms with Crippen molar-refractivity contribution in [3.63, 3.8) is 0 Å². The maximum Gasteiger partial charge on any atom is 0.339 e. The van der Waals surface area contributed by atoms with Gasteiger partial charge in [0.2, 0.25) is 0 Å². The molecule has 1 aromatic heterocycles. The van der Waals surface area contributed by atoms with E-state index in [0.29, 0.717) is 11.3 Å². The first-order valence-electron chi connectivity index (χ1n) is 7.13. The van der Waals surface area contributed by atoms with Crippen LogP contribution in [0.25, 0.3) is 10.9 Å². The minimum absolute atomic E-state index is 0.139. The Morgan fingerprint density at radius 2 is 1.96 bits per heavy atom. The molecule has 24 heavy (non-hydrogen) atoms. The highest BCUT2D eigenvalue weighted by Gasteiger charge is 2.16. The molecule has 120 valence electrons. The van der Waals surface area contributed by atoms with Crippen LogP contribution >= 0.6 is 11.6 Å². The highest BCUT2D eigenvalue weighted by atomic mass is 35.5. The number of nitrogens with one attached hydrogen (secondary N) is 1. The number of nitrogens with zero attached hydrogens (tertiary/aromatic N) is 1. The Balaban J connectivity index is 1.90. The minimum Gasteiger partial charge on any atom is -0.465 e. The lowest BCUT2D eigenvalue weighted by atomic mass is 10.1. The van der Waals surface area contributed by atoms with Gasteiger partial charge in [-0.05, 0) is 36.4 Å². The third-order valence-corrected chi connectivity index (χ3v) is 3.92. The van der Waals surface area contributed by atoms with Crippen molar-refractivity contribution >= 4 is 40.1 Å². The Bertz CT molecular complexity index is 940. The van der Waals surface area contributed by atoms with Crippen molar-refractivity contribution in [3.05, 3.63) is 70.9 Å². The Labute approximate surface area is 143 Å². The van der Waals surface area contributed by atoms with Crippen LogP contribution in [0.2, 0.25) is 5.02 Å². The van der Waals surface area contributed by atoms with Crippen molar-refractivity contribution in [1.29, 1.82) is 0 Å². The number of halogens is 1. The summed E-state index contributed by atoms with van der Waals surface area (Å²) in [4.78, 5) is 28.3. The summed E-state index contributed by atoms with van der Waals surface area (Å²) in [5, 5.41) is 3.71. The smallest absolute Gasteiger partial charge is 0.339 e. The molecule has 1 N–H and O–H groups in total. The van der Waals surface area contributed by atoms with Gasteiger partial charge in [0, 0.05) is 17.1 Å². The van der Waals surface area contributed by atoms with E-state index in [4.69, 9.17) is 11.6 Å². The van der Waals surface area contributed by atoms with Gasteiger partial charge in [-0.15, -0.1) is 0 Å². The van der Waals surface area contributed by atoms with Crippen LogP contribution < -0.4 is 5.32 Å². The van der Waals surface area contributed by atoms with Crippen molar-refractivity contribution < 1.29 is 14.3 Å². The molecular formula is C18H13ClN2O3. The molecule has 0 aliphatic rings. The fraction of sp³-hybridized carbons (Fsp3) is 0.0556. The van der Waals surface area contributed by atoms with Gasteiger partial charge in [-0.2, -0.15) is 0 Å². The summed E-state index contributed by atoms with van der Waals surface area (Å²) in [6.45, 7) is 0. The van der Waals surface area contributed by atoms with Crippen LogP contribution in [0, 0.1) is 0 Å². The van der Waals surface area contributed by atoms with Gasteiger partial charge in [-0.25, -0.2) is 4.79 Å². The first-order chi connectivity index (χ1) is 11.6. The van der Waals surface area contributed by atoms with E-state index in [1.807, 2.05) is 6.07 Å². The summed E-state index contributed by atoms with van der Waals surface area (Å²) in [5.74, 6) is -0.891. The summed E-state index contributed by atoms with van der Waals surface area (Å²) < 4.78 is 4.67. The number of rotatable bonds is 3. The van der Waals surface area contributed by atoms with Crippen LogP contribution in [-0.4, -0.2) is 24.0 Å². The molecule has 2 aromatic carbocycles. The zero-order valence-electron chi connectivity index (χ0n) is 12.7. The molecule has 0 unspecified atom stereocenters. The number of ether oxygens (including phenoxy) is 1. The van der Waals surface area contributed by atoms with Gasteiger partial charge < -0.3 is 10.1 Å². The van der Waals surface area contributed by atoms with E-state index in [2.05, 4.69) is 15.0 Å². The summed E-state index contributed by atoms with van der Waals surface area (Å²) in [7, 11) is 1.27. The lowest BCUT2D eigenvalue weighted by Crippen LogP contribution is -2.13. The molecule has 1 amide bonds. The number of aromatic nitrogens is 1. The van der Waals surface area contributed by atoms with Gasteiger partial charge in [-0.1, -0.05) is 23.7 Å². The second-order valence-corrected chi connectivity index (χ2v) is 5.40. The van der Waals surface area contributed by atoms with Crippen LogP contribution in [0.3, 0.4) is 0 Å². The van der Waals surface area contributed by atoms with Gasteiger partial charge in [0.25, 0.3) is 5.91 Å². The first-order valence-corrected chi connectivity index (χ1v) is 7.51. The van der Waals surface area contributed by atoms with Crippen LogP contribution in [0.15, 0.2) is 54.7 Å². The van der Waals surface area contributed by atoms with Crippen molar-refractivity contribution in [2.24, 2.45) is 0 Å². The van der Waals surface area contributed by atoms with Gasteiger partial charge in [0.1, 0.15) is 0 Å². The maximum absolute atomic E-state index is 12.5. The lowest BCUT2D eigenvalue weighted by Gasteiger charge is -2.10. The molecule has 5 nitrogen and oxygen atoms in total. The van der Waals surface area contributed by atoms with Crippen molar-refractivity contribution in [2.75, 3.05) is 12.4 Å². The van der Waals surface area contributed by atoms with Crippen LogP contribution in [0.4, 0.5) is 5.69 Å². The molecule has 0 fully saturated rings. The summed E-state index contributed by atoms with van der Waals surface area (Å²) in [6, 6.07) is 13.7. The minimum atomic E-state index is -0.562. The standard InChI is InChI=1S/C18H13ClN2O3/c1-24-18(23)13-5-2-6-15(16(13)19)21-17(22)12-7-8-14-11(10-12)4-3-9-20-14/h2-10H,1H3,(H,21,22). The number of esters is 1. The van der Waals surface area contributed by atoms with Gasteiger partial charge in [0.05, 0.1) is 28.9 Å². The van der Waals surface area contributed by atoms with E-state index in [1.54, 1.807) is 42.6 Å². The van der Waals surface area contributed by atoms with Crippen molar-refractivity contribution in [2.45, 2.75) is 0 Å². The zero-order valence-corrected chi connectivity index (χ0v) is 13.5. The molecule has 0 saturated heterocycles. The monoisotopic (exact) mass is 340 g/mol. The molecule has 3 aromatic rings.